The quantitative estimate of drug-likeness (QED) is 0.645. The van der Waals surface area contributed by atoms with Crippen LogP contribution in [0.25, 0.3) is 0 Å². The number of amides is 1. The third-order valence-corrected chi connectivity index (χ3v) is 6.92. The molecule has 1 aromatic rings. The van der Waals surface area contributed by atoms with Crippen LogP contribution in [0.15, 0.2) is 10.5 Å². The lowest BCUT2D eigenvalue weighted by atomic mass is 10.1. The minimum Gasteiger partial charge on any atom is -0.322 e. The van der Waals surface area contributed by atoms with E-state index in [4.69, 9.17) is 9.05 Å². The molecule has 2 rings (SSSR count). The van der Waals surface area contributed by atoms with Gasteiger partial charge < -0.3 is 14.4 Å². The Morgan fingerprint density at radius 1 is 1.36 bits per heavy atom. The summed E-state index contributed by atoms with van der Waals surface area (Å²) in [6, 6.07) is 1.54. The van der Waals surface area contributed by atoms with Crippen LogP contribution in [0, 0.1) is 5.82 Å². The van der Waals surface area contributed by atoms with E-state index in [2.05, 4.69) is 21.2 Å². The molecular formula is C16H20BrFNO5P. The van der Waals surface area contributed by atoms with Crippen LogP contribution < -0.4 is 5.32 Å². The first-order chi connectivity index (χ1) is 11.7. The number of aryl methyl sites for hydroxylation is 1. The van der Waals surface area contributed by atoms with Crippen LogP contribution in [0.4, 0.5) is 10.1 Å². The van der Waals surface area contributed by atoms with Gasteiger partial charge >= 0.3 is 7.60 Å². The van der Waals surface area contributed by atoms with E-state index in [9.17, 15) is 18.5 Å². The molecule has 6 nitrogen and oxygen atoms in total. The van der Waals surface area contributed by atoms with Crippen LogP contribution >= 0.6 is 23.5 Å². The Morgan fingerprint density at radius 3 is 2.52 bits per heavy atom. The normalized spacial score (nSPS) is 15.2. The van der Waals surface area contributed by atoms with Crippen LogP contribution in [-0.2, 0) is 24.8 Å². The zero-order valence-electron chi connectivity index (χ0n) is 14.2. The van der Waals surface area contributed by atoms with Gasteiger partial charge in [-0.2, -0.15) is 0 Å². The third-order valence-electron chi connectivity index (χ3n) is 3.92. The lowest BCUT2D eigenvalue weighted by Gasteiger charge is -2.23. The first kappa shape index (κ1) is 20.2. The van der Waals surface area contributed by atoms with Crippen LogP contribution in [0.2, 0.25) is 0 Å². The molecule has 0 aromatic heterocycles. The van der Waals surface area contributed by atoms with E-state index < -0.39 is 25.0 Å². The maximum absolute atomic E-state index is 14.5. The lowest BCUT2D eigenvalue weighted by molar-refractivity contribution is -0.116. The fourth-order valence-electron chi connectivity index (χ4n) is 2.68. The Balaban J connectivity index is 2.35. The number of anilines is 1. The van der Waals surface area contributed by atoms with Crippen molar-refractivity contribution in [3.05, 3.63) is 27.5 Å². The van der Waals surface area contributed by atoms with Gasteiger partial charge in [0, 0.05) is 12.0 Å². The number of fused-ring (bicyclic) bond motifs is 1. The summed E-state index contributed by atoms with van der Waals surface area (Å²) in [7, 11) is -3.70. The standard InChI is InChI=1S/C16H20BrFNO5P/c1-4-23-25(22,24-5-2)9(3)16(21)19-15-13-10(6-7-12(13)20)8-11(17)14(15)18/h8-9H,4-7H2,1-3H3,(H,19,21). The third kappa shape index (κ3) is 4.03. The fraction of sp³-hybridized carbons (Fsp3) is 0.500. The summed E-state index contributed by atoms with van der Waals surface area (Å²) in [6.07, 6.45) is 0.752. The molecule has 1 unspecified atom stereocenters. The van der Waals surface area contributed by atoms with Crippen molar-refractivity contribution in [3.63, 3.8) is 0 Å². The largest absolute Gasteiger partial charge is 0.342 e. The molecule has 0 saturated heterocycles. The second kappa shape index (κ2) is 8.08. The van der Waals surface area contributed by atoms with E-state index >= 15 is 0 Å². The second-order valence-electron chi connectivity index (χ2n) is 5.55. The van der Waals surface area contributed by atoms with Gasteiger partial charge in [-0.15, -0.1) is 0 Å². The van der Waals surface area contributed by atoms with Crippen molar-refractivity contribution in [1.29, 1.82) is 0 Å². The van der Waals surface area contributed by atoms with E-state index in [-0.39, 0.29) is 41.1 Å². The van der Waals surface area contributed by atoms with Gasteiger partial charge in [-0.05, 0) is 54.8 Å². The van der Waals surface area contributed by atoms with Gasteiger partial charge in [0.2, 0.25) is 5.91 Å². The van der Waals surface area contributed by atoms with Crippen LogP contribution in [-0.4, -0.2) is 30.6 Å². The first-order valence-electron chi connectivity index (χ1n) is 7.98. The minimum atomic E-state index is -3.70. The number of rotatable bonds is 7. The number of benzene rings is 1. The molecule has 9 heteroatoms. The van der Waals surface area contributed by atoms with E-state index in [1.807, 2.05) is 0 Å². The summed E-state index contributed by atoms with van der Waals surface area (Å²) >= 11 is 3.09. The zero-order valence-corrected chi connectivity index (χ0v) is 16.7. The van der Waals surface area contributed by atoms with Gasteiger partial charge in [-0.1, -0.05) is 0 Å². The van der Waals surface area contributed by atoms with Gasteiger partial charge in [-0.3, -0.25) is 14.2 Å². The molecule has 0 aliphatic heterocycles. The Bertz CT molecular complexity index is 745. The predicted molar refractivity (Wildman–Crippen MR) is 95.7 cm³/mol. The summed E-state index contributed by atoms with van der Waals surface area (Å²) in [5.41, 5.74) is -0.510. The predicted octanol–water partition coefficient (Wildman–Crippen LogP) is 4.31. The zero-order chi connectivity index (χ0) is 18.8. The van der Waals surface area contributed by atoms with Crippen molar-refractivity contribution in [3.8, 4) is 0 Å². The van der Waals surface area contributed by atoms with E-state index in [0.29, 0.717) is 12.0 Å². The van der Waals surface area contributed by atoms with Crippen molar-refractivity contribution in [2.45, 2.75) is 39.3 Å². The molecule has 1 atom stereocenters. The average molecular weight is 436 g/mol. The number of nitrogens with one attached hydrogen (secondary N) is 1. The van der Waals surface area contributed by atoms with Crippen molar-refractivity contribution in [2.75, 3.05) is 18.5 Å². The number of ketones is 1. The average Bonchev–Trinajstić information content (AvgIpc) is 2.91. The molecule has 138 valence electrons. The monoisotopic (exact) mass is 435 g/mol. The number of hydrogen-bond acceptors (Lipinski definition) is 5. The molecule has 1 aliphatic carbocycles. The van der Waals surface area contributed by atoms with Crippen molar-refractivity contribution < 1.29 is 27.6 Å². The summed E-state index contributed by atoms with van der Waals surface area (Å²) in [6.45, 7) is 4.87. The maximum atomic E-state index is 14.5. The highest BCUT2D eigenvalue weighted by molar-refractivity contribution is 9.10. The van der Waals surface area contributed by atoms with Gasteiger partial charge in [0.15, 0.2) is 11.6 Å². The highest BCUT2D eigenvalue weighted by Gasteiger charge is 2.38. The summed E-state index contributed by atoms with van der Waals surface area (Å²) in [5, 5.41) is 2.41. The van der Waals surface area contributed by atoms with Crippen molar-refractivity contribution in [1.82, 2.24) is 0 Å². The Labute approximate surface area is 154 Å². The molecule has 25 heavy (non-hydrogen) atoms. The van der Waals surface area contributed by atoms with Gasteiger partial charge in [0.1, 0.15) is 5.66 Å². The molecule has 0 spiro atoms. The number of carbonyl (C=O) groups is 2. The van der Waals surface area contributed by atoms with Crippen LogP contribution in [0.5, 0.6) is 0 Å². The number of Topliss-reactive ketones (excluding diaryl/α,β-unsaturated/α-hetero) is 1. The van der Waals surface area contributed by atoms with Crippen LogP contribution in [0.3, 0.4) is 0 Å². The highest BCUT2D eigenvalue weighted by atomic mass is 79.9. The van der Waals surface area contributed by atoms with Crippen molar-refractivity contribution in [2.24, 2.45) is 0 Å². The second-order valence-corrected chi connectivity index (χ2v) is 8.77. The van der Waals surface area contributed by atoms with E-state index in [1.165, 1.54) is 6.92 Å². The Morgan fingerprint density at radius 2 is 1.96 bits per heavy atom. The Kier molecular flexibility index (Phi) is 6.54. The molecule has 0 fully saturated rings. The fourth-order valence-corrected chi connectivity index (χ4v) is 4.74. The van der Waals surface area contributed by atoms with Gasteiger partial charge in [-0.25, -0.2) is 4.39 Å². The molecule has 0 bridgehead atoms. The smallest absolute Gasteiger partial charge is 0.322 e. The van der Waals surface area contributed by atoms with E-state index in [1.54, 1.807) is 19.9 Å². The summed E-state index contributed by atoms with van der Waals surface area (Å²) < 4.78 is 37.7. The van der Waals surface area contributed by atoms with Gasteiger partial charge in [0.05, 0.1) is 23.4 Å². The summed E-state index contributed by atoms with van der Waals surface area (Å²) in [4.78, 5) is 24.6. The lowest BCUT2D eigenvalue weighted by Crippen LogP contribution is -2.28. The molecule has 0 radical (unpaired) electrons. The molecule has 1 amide bonds. The number of hydrogen-bond donors (Lipinski definition) is 1. The molecule has 0 heterocycles. The molecular weight excluding hydrogens is 416 g/mol. The number of carbonyl (C=O) groups excluding carboxylic acids is 2. The molecule has 1 N–H and O–H groups in total. The van der Waals surface area contributed by atoms with Crippen molar-refractivity contribution >= 4 is 40.9 Å². The first-order valence-corrected chi connectivity index (χ1v) is 10.4. The van der Waals surface area contributed by atoms with E-state index in [0.717, 1.165) is 0 Å². The highest BCUT2D eigenvalue weighted by Crippen LogP contribution is 2.53. The molecule has 1 aromatic carbocycles. The maximum Gasteiger partial charge on any atom is 0.342 e. The number of halogens is 2. The summed E-state index contributed by atoms with van der Waals surface area (Å²) in [5.74, 6) is -1.71. The van der Waals surface area contributed by atoms with Gasteiger partial charge in [0.25, 0.3) is 0 Å². The SMILES string of the molecule is CCOP(=O)(OCC)C(C)C(=O)Nc1c(F)c(Br)cc2c1C(=O)CC2. The Hall–Kier alpha value is -1.08. The molecule has 0 saturated carbocycles. The van der Waals surface area contributed by atoms with Crippen LogP contribution in [0.1, 0.15) is 43.1 Å². The topological polar surface area (TPSA) is 81.7 Å². The molecule has 1 aliphatic rings. The minimum absolute atomic E-state index is 0.105.